The number of nitrogens with zero attached hydrogens (tertiary/aromatic N) is 3. The highest BCUT2D eigenvalue weighted by molar-refractivity contribution is 7.99. The standard InChI is InChI=1S/C13H23N3O2S/c1-4-19-9(2)13-14-12(18-15-13)8-16(3)7-11(17)10-5-6-10/h9-11,17H,4-8H2,1-3H3. The Labute approximate surface area is 118 Å². The Hall–Kier alpha value is -0.590. The van der Waals surface area contributed by atoms with Gasteiger partial charge in [0.1, 0.15) is 0 Å². The lowest BCUT2D eigenvalue weighted by molar-refractivity contribution is 0.0992. The van der Waals surface area contributed by atoms with Crippen LogP contribution in [0.1, 0.15) is 43.7 Å². The van der Waals surface area contributed by atoms with E-state index in [0.717, 1.165) is 24.4 Å². The lowest BCUT2D eigenvalue weighted by Gasteiger charge is -2.18. The molecule has 0 bridgehead atoms. The molecule has 1 fully saturated rings. The third kappa shape index (κ3) is 4.47. The Bertz CT molecular complexity index is 395. The summed E-state index contributed by atoms with van der Waals surface area (Å²) < 4.78 is 5.26. The first-order valence-electron chi connectivity index (χ1n) is 6.90. The van der Waals surface area contributed by atoms with Crippen LogP contribution < -0.4 is 0 Å². The van der Waals surface area contributed by atoms with Crippen molar-refractivity contribution in [1.29, 1.82) is 0 Å². The summed E-state index contributed by atoms with van der Waals surface area (Å²) in [5.41, 5.74) is 0. The Kier molecular flexibility index (Phi) is 5.24. The fourth-order valence-electron chi connectivity index (χ4n) is 2.07. The van der Waals surface area contributed by atoms with Crippen LogP contribution in [0, 0.1) is 5.92 Å². The maximum atomic E-state index is 9.89. The van der Waals surface area contributed by atoms with Gasteiger partial charge in [0.15, 0.2) is 5.82 Å². The third-order valence-corrected chi connectivity index (χ3v) is 4.38. The fourth-order valence-corrected chi connectivity index (χ4v) is 2.81. The molecule has 0 aromatic carbocycles. The molecule has 1 aliphatic rings. The van der Waals surface area contributed by atoms with Crippen LogP contribution in [-0.4, -0.2) is 45.6 Å². The number of likely N-dealkylation sites (N-methyl/N-ethyl adjacent to an activating group) is 1. The van der Waals surface area contributed by atoms with Crippen molar-refractivity contribution in [1.82, 2.24) is 15.0 Å². The Morgan fingerprint density at radius 3 is 2.89 bits per heavy atom. The fraction of sp³-hybridized carbons (Fsp3) is 0.846. The van der Waals surface area contributed by atoms with Gasteiger partial charge in [0.2, 0.25) is 5.89 Å². The molecule has 6 heteroatoms. The summed E-state index contributed by atoms with van der Waals surface area (Å²) in [6, 6.07) is 0. The van der Waals surface area contributed by atoms with Crippen molar-refractivity contribution < 1.29 is 9.63 Å². The molecule has 2 atom stereocenters. The first-order valence-corrected chi connectivity index (χ1v) is 7.95. The molecule has 0 radical (unpaired) electrons. The number of aliphatic hydroxyl groups excluding tert-OH is 1. The molecule has 19 heavy (non-hydrogen) atoms. The Morgan fingerprint density at radius 2 is 2.26 bits per heavy atom. The minimum atomic E-state index is -0.220. The minimum absolute atomic E-state index is 0.220. The van der Waals surface area contributed by atoms with Gasteiger partial charge in [0.05, 0.1) is 17.9 Å². The van der Waals surface area contributed by atoms with Gasteiger partial charge in [-0.25, -0.2) is 0 Å². The summed E-state index contributed by atoms with van der Waals surface area (Å²) in [5.74, 6) is 2.93. The van der Waals surface area contributed by atoms with E-state index in [1.165, 1.54) is 0 Å². The van der Waals surface area contributed by atoms with Crippen LogP contribution in [0.25, 0.3) is 0 Å². The van der Waals surface area contributed by atoms with Gasteiger partial charge in [-0.1, -0.05) is 12.1 Å². The first-order chi connectivity index (χ1) is 9.10. The molecule has 1 heterocycles. The Morgan fingerprint density at radius 1 is 1.53 bits per heavy atom. The van der Waals surface area contributed by atoms with Crippen LogP contribution in [0.2, 0.25) is 0 Å². The van der Waals surface area contributed by atoms with E-state index < -0.39 is 0 Å². The monoisotopic (exact) mass is 285 g/mol. The third-order valence-electron chi connectivity index (χ3n) is 3.33. The molecule has 1 N–H and O–H groups in total. The molecular formula is C13H23N3O2S. The zero-order valence-electron chi connectivity index (χ0n) is 11.9. The summed E-state index contributed by atoms with van der Waals surface area (Å²) in [6.45, 7) is 5.47. The van der Waals surface area contributed by atoms with Crippen molar-refractivity contribution in [3.8, 4) is 0 Å². The van der Waals surface area contributed by atoms with Gasteiger partial charge in [0, 0.05) is 6.54 Å². The smallest absolute Gasteiger partial charge is 0.240 e. The average molecular weight is 285 g/mol. The summed E-state index contributed by atoms with van der Waals surface area (Å²) >= 11 is 1.80. The van der Waals surface area contributed by atoms with Crippen molar-refractivity contribution in [2.75, 3.05) is 19.3 Å². The first kappa shape index (κ1) is 14.8. The molecule has 1 aromatic rings. The quantitative estimate of drug-likeness (QED) is 0.789. The topological polar surface area (TPSA) is 62.4 Å². The largest absolute Gasteiger partial charge is 0.392 e. The summed E-state index contributed by atoms with van der Waals surface area (Å²) in [5, 5.41) is 14.2. The number of aromatic nitrogens is 2. The van der Waals surface area contributed by atoms with Crippen LogP contribution >= 0.6 is 11.8 Å². The van der Waals surface area contributed by atoms with Gasteiger partial charge in [-0.3, -0.25) is 4.90 Å². The zero-order chi connectivity index (χ0) is 13.8. The van der Waals surface area contributed by atoms with Crippen molar-refractivity contribution in [3.63, 3.8) is 0 Å². The van der Waals surface area contributed by atoms with Crippen LogP contribution in [0.5, 0.6) is 0 Å². The summed E-state index contributed by atoms with van der Waals surface area (Å²) in [7, 11) is 1.97. The lowest BCUT2D eigenvalue weighted by atomic mass is 10.2. The molecule has 0 spiro atoms. The number of rotatable bonds is 8. The zero-order valence-corrected chi connectivity index (χ0v) is 12.7. The van der Waals surface area contributed by atoms with E-state index in [9.17, 15) is 5.11 Å². The summed E-state index contributed by atoms with van der Waals surface area (Å²) in [6.07, 6.45) is 2.10. The van der Waals surface area contributed by atoms with Crippen molar-refractivity contribution in [3.05, 3.63) is 11.7 Å². The molecule has 1 aliphatic carbocycles. The number of hydrogen-bond donors (Lipinski definition) is 1. The molecule has 1 saturated carbocycles. The van der Waals surface area contributed by atoms with Gasteiger partial charge in [-0.15, -0.1) is 0 Å². The van der Waals surface area contributed by atoms with Gasteiger partial charge >= 0.3 is 0 Å². The lowest BCUT2D eigenvalue weighted by Crippen LogP contribution is -2.30. The second-order valence-electron chi connectivity index (χ2n) is 5.25. The van der Waals surface area contributed by atoms with E-state index in [0.29, 0.717) is 24.9 Å². The molecule has 0 aliphatic heterocycles. The molecule has 108 valence electrons. The minimum Gasteiger partial charge on any atom is -0.392 e. The highest BCUT2D eigenvalue weighted by atomic mass is 32.2. The molecule has 2 rings (SSSR count). The maximum absolute atomic E-state index is 9.89. The van der Waals surface area contributed by atoms with E-state index in [4.69, 9.17) is 4.52 Å². The van der Waals surface area contributed by atoms with E-state index in [1.807, 2.05) is 11.9 Å². The van der Waals surface area contributed by atoms with Crippen LogP contribution in [-0.2, 0) is 6.54 Å². The SMILES string of the molecule is CCSC(C)c1noc(CN(C)CC(O)C2CC2)n1. The second-order valence-corrected chi connectivity index (χ2v) is 6.86. The predicted molar refractivity (Wildman–Crippen MR) is 75.9 cm³/mol. The number of hydrogen-bond acceptors (Lipinski definition) is 6. The molecular weight excluding hydrogens is 262 g/mol. The second kappa shape index (κ2) is 6.72. The Balaban J connectivity index is 1.81. The summed E-state index contributed by atoms with van der Waals surface area (Å²) in [4.78, 5) is 6.45. The maximum Gasteiger partial charge on any atom is 0.240 e. The average Bonchev–Trinajstić information content (AvgIpc) is 3.10. The van der Waals surface area contributed by atoms with Crippen molar-refractivity contribution >= 4 is 11.8 Å². The van der Waals surface area contributed by atoms with Gasteiger partial charge in [-0.2, -0.15) is 16.7 Å². The van der Waals surface area contributed by atoms with Crippen LogP contribution in [0.15, 0.2) is 4.52 Å². The van der Waals surface area contributed by atoms with Gasteiger partial charge < -0.3 is 9.63 Å². The predicted octanol–water partition coefficient (Wildman–Crippen LogP) is 2.09. The molecule has 0 saturated heterocycles. The molecule has 1 aromatic heterocycles. The van der Waals surface area contributed by atoms with Crippen molar-refractivity contribution in [2.45, 2.75) is 44.6 Å². The van der Waals surface area contributed by atoms with Crippen molar-refractivity contribution in [2.24, 2.45) is 5.92 Å². The van der Waals surface area contributed by atoms with E-state index >= 15 is 0 Å². The molecule has 5 nitrogen and oxygen atoms in total. The van der Waals surface area contributed by atoms with Gasteiger partial charge in [0.25, 0.3) is 0 Å². The normalized spacial score (nSPS) is 18.8. The number of thioether (sulfide) groups is 1. The van der Waals surface area contributed by atoms with E-state index in [1.54, 1.807) is 11.8 Å². The van der Waals surface area contributed by atoms with E-state index in [2.05, 4.69) is 24.0 Å². The van der Waals surface area contributed by atoms with Crippen LogP contribution in [0.4, 0.5) is 0 Å². The van der Waals surface area contributed by atoms with Crippen LogP contribution in [0.3, 0.4) is 0 Å². The van der Waals surface area contributed by atoms with E-state index in [-0.39, 0.29) is 11.4 Å². The van der Waals surface area contributed by atoms with Gasteiger partial charge in [-0.05, 0) is 38.5 Å². The molecule has 2 unspecified atom stereocenters. The highest BCUT2D eigenvalue weighted by Crippen LogP contribution is 2.32. The number of aliphatic hydroxyl groups is 1. The highest BCUT2D eigenvalue weighted by Gasteiger charge is 2.30. The molecule has 0 amide bonds.